The SMILES string of the molecule is Cc1cc(C(=O)N2CCC(N(C)C)CC2)sc1C#CCN. The van der Waals surface area contributed by atoms with Gasteiger partial charge in [-0.05, 0) is 45.5 Å². The first-order valence-electron chi connectivity index (χ1n) is 7.28. The van der Waals surface area contributed by atoms with Gasteiger partial charge < -0.3 is 15.5 Å². The zero-order chi connectivity index (χ0) is 15.4. The third-order valence-electron chi connectivity index (χ3n) is 3.91. The van der Waals surface area contributed by atoms with Gasteiger partial charge in [0.05, 0.1) is 16.3 Å². The van der Waals surface area contributed by atoms with E-state index in [0.717, 1.165) is 41.2 Å². The first kappa shape index (κ1) is 16.0. The molecule has 5 heteroatoms. The third-order valence-corrected chi connectivity index (χ3v) is 5.06. The van der Waals surface area contributed by atoms with Crippen LogP contribution in [0.15, 0.2) is 6.07 Å². The molecule has 114 valence electrons. The molecule has 0 aromatic carbocycles. The van der Waals surface area contributed by atoms with Crippen molar-refractivity contribution in [3.05, 3.63) is 21.4 Å². The molecule has 2 heterocycles. The van der Waals surface area contributed by atoms with Crippen molar-refractivity contribution in [2.45, 2.75) is 25.8 Å². The number of piperidine rings is 1. The van der Waals surface area contributed by atoms with Crippen molar-refractivity contribution >= 4 is 17.2 Å². The number of nitrogens with zero attached hydrogens (tertiary/aromatic N) is 2. The van der Waals surface area contributed by atoms with Crippen molar-refractivity contribution in [3.63, 3.8) is 0 Å². The first-order chi connectivity index (χ1) is 10.0. The molecule has 2 N–H and O–H groups in total. The molecule has 1 aliphatic rings. The lowest BCUT2D eigenvalue weighted by atomic mass is 10.0. The van der Waals surface area contributed by atoms with Gasteiger partial charge in [0.1, 0.15) is 0 Å². The van der Waals surface area contributed by atoms with Gasteiger partial charge in [0, 0.05) is 19.1 Å². The fourth-order valence-electron chi connectivity index (χ4n) is 2.58. The summed E-state index contributed by atoms with van der Waals surface area (Å²) in [5.74, 6) is 6.03. The fourth-order valence-corrected chi connectivity index (χ4v) is 3.60. The van der Waals surface area contributed by atoms with Gasteiger partial charge in [-0.2, -0.15) is 0 Å². The number of aryl methyl sites for hydroxylation is 1. The number of rotatable bonds is 2. The largest absolute Gasteiger partial charge is 0.338 e. The predicted octanol–water partition coefficient (Wildman–Crippen LogP) is 1.53. The van der Waals surface area contributed by atoms with E-state index in [1.807, 2.05) is 17.9 Å². The molecule has 1 aliphatic heterocycles. The Labute approximate surface area is 130 Å². The maximum atomic E-state index is 12.6. The number of amides is 1. The van der Waals surface area contributed by atoms with Crippen LogP contribution in [-0.2, 0) is 0 Å². The lowest BCUT2D eigenvalue weighted by Gasteiger charge is -2.35. The fraction of sp³-hybridized carbons (Fsp3) is 0.562. The number of likely N-dealkylation sites (tertiary alicyclic amines) is 1. The molecule has 2 rings (SSSR count). The highest BCUT2D eigenvalue weighted by Crippen LogP contribution is 2.24. The highest BCUT2D eigenvalue weighted by atomic mass is 32.1. The number of thiophene rings is 1. The van der Waals surface area contributed by atoms with Crippen LogP contribution in [0.25, 0.3) is 0 Å². The van der Waals surface area contributed by atoms with Gasteiger partial charge >= 0.3 is 0 Å². The number of carbonyl (C=O) groups is 1. The van der Waals surface area contributed by atoms with Gasteiger partial charge in [-0.15, -0.1) is 11.3 Å². The summed E-state index contributed by atoms with van der Waals surface area (Å²) in [6.45, 7) is 4.01. The van der Waals surface area contributed by atoms with E-state index in [2.05, 4.69) is 30.8 Å². The molecule has 0 unspecified atom stereocenters. The minimum absolute atomic E-state index is 0.140. The number of nitrogens with two attached hydrogens (primary N) is 1. The van der Waals surface area contributed by atoms with E-state index in [1.54, 1.807) is 0 Å². The quantitative estimate of drug-likeness (QED) is 0.843. The summed E-state index contributed by atoms with van der Waals surface area (Å²) >= 11 is 1.48. The van der Waals surface area contributed by atoms with Gasteiger partial charge in [-0.1, -0.05) is 11.8 Å². The molecule has 1 fully saturated rings. The molecule has 1 saturated heterocycles. The Morgan fingerprint density at radius 3 is 2.71 bits per heavy atom. The van der Waals surface area contributed by atoms with Crippen LogP contribution in [0.2, 0.25) is 0 Å². The zero-order valence-electron chi connectivity index (χ0n) is 13.0. The second-order valence-corrected chi connectivity index (χ2v) is 6.67. The monoisotopic (exact) mass is 305 g/mol. The van der Waals surface area contributed by atoms with E-state index in [0.29, 0.717) is 12.6 Å². The van der Waals surface area contributed by atoms with Crippen molar-refractivity contribution in [2.75, 3.05) is 33.7 Å². The average molecular weight is 305 g/mol. The molecule has 0 saturated carbocycles. The van der Waals surface area contributed by atoms with Gasteiger partial charge in [-0.25, -0.2) is 0 Å². The van der Waals surface area contributed by atoms with Crippen LogP contribution in [0.5, 0.6) is 0 Å². The van der Waals surface area contributed by atoms with Crippen molar-refractivity contribution < 1.29 is 4.79 Å². The maximum absolute atomic E-state index is 12.6. The summed E-state index contributed by atoms with van der Waals surface area (Å²) in [7, 11) is 4.21. The average Bonchev–Trinajstić information content (AvgIpc) is 2.85. The summed E-state index contributed by atoms with van der Waals surface area (Å²) in [6.07, 6.45) is 2.09. The Kier molecular flexibility index (Phi) is 5.40. The van der Waals surface area contributed by atoms with E-state index >= 15 is 0 Å². The Morgan fingerprint density at radius 1 is 1.48 bits per heavy atom. The van der Waals surface area contributed by atoms with Crippen molar-refractivity contribution in [3.8, 4) is 11.8 Å². The maximum Gasteiger partial charge on any atom is 0.263 e. The van der Waals surface area contributed by atoms with E-state index in [9.17, 15) is 4.79 Å². The number of carbonyl (C=O) groups excluding carboxylic acids is 1. The summed E-state index contributed by atoms with van der Waals surface area (Å²) in [5.41, 5.74) is 6.46. The van der Waals surface area contributed by atoms with E-state index in [-0.39, 0.29) is 5.91 Å². The van der Waals surface area contributed by atoms with Crippen LogP contribution in [0.1, 0.15) is 33.0 Å². The smallest absolute Gasteiger partial charge is 0.263 e. The van der Waals surface area contributed by atoms with Crippen LogP contribution in [0.3, 0.4) is 0 Å². The van der Waals surface area contributed by atoms with Gasteiger partial charge in [0.25, 0.3) is 5.91 Å². The number of hydrogen-bond donors (Lipinski definition) is 1. The molecule has 21 heavy (non-hydrogen) atoms. The van der Waals surface area contributed by atoms with Crippen LogP contribution in [-0.4, -0.2) is 55.5 Å². The molecular formula is C16H23N3OS. The van der Waals surface area contributed by atoms with Gasteiger partial charge in [-0.3, -0.25) is 4.79 Å². The zero-order valence-corrected chi connectivity index (χ0v) is 13.8. The third kappa shape index (κ3) is 3.85. The summed E-state index contributed by atoms with van der Waals surface area (Å²) in [4.78, 5) is 18.5. The molecular weight excluding hydrogens is 282 g/mol. The predicted molar refractivity (Wildman–Crippen MR) is 87.6 cm³/mol. The standard InChI is InChI=1S/C16H23N3OS/c1-12-11-15(21-14(12)5-4-8-17)16(20)19-9-6-13(7-10-19)18(2)3/h11,13H,6-10,17H2,1-3H3. The van der Waals surface area contributed by atoms with Crippen LogP contribution < -0.4 is 5.73 Å². The van der Waals surface area contributed by atoms with Crippen molar-refractivity contribution in [1.82, 2.24) is 9.80 Å². The topological polar surface area (TPSA) is 49.6 Å². The van der Waals surface area contributed by atoms with Gasteiger partial charge in [0.15, 0.2) is 0 Å². The van der Waals surface area contributed by atoms with Crippen LogP contribution in [0.4, 0.5) is 0 Å². The van der Waals surface area contributed by atoms with Crippen LogP contribution >= 0.6 is 11.3 Å². The van der Waals surface area contributed by atoms with Crippen molar-refractivity contribution in [2.24, 2.45) is 5.73 Å². The molecule has 1 amide bonds. The van der Waals surface area contributed by atoms with E-state index in [1.165, 1.54) is 11.3 Å². The van der Waals surface area contributed by atoms with E-state index < -0.39 is 0 Å². The summed E-state index contributed by atoms with van der Waals surface area (Å²) in [6, 6.07) is 2.54. The lowest BCUT2D eigenvalue weighted by Crippen LogP contribution is -2.44. The molecule has 0 spiro atoms. The number of hydrogen-bond acceptors (Lipinski definition) is 4. The van der Waals surface area contributed by atoms with E-state index in [4.69, 9.17) is 5.73 Å². The highest BCUT2D eigenvalue weighted by Gasteiger charge is 2.25. The van der Waals surface area contributed by atoms with Gasteiger partial charge in [0.2, 0.25) is 0 Å². The normalized spacial score (nSPS) is 16.0. The van der Waals surface area contributed by atoms with Crippen LogP contribution in [0, 0.1) is 18.8 Å². The highest BCUT2D eigenvalue weighted by molar-refractivity contribution is 7.14. The molecule has 4 nitrogen and oxygen atoms in total. The molecule has 0 radical (unpaired) electrons. The molecule has 0 bridgehead atoms. The first-order valence-corrected chi connectivity index (χ1v) is 8.09. The Bertz CT molecular complexity index is 560. The Morgan fingerprint density at radius 2 is 2.14 bits per heavy atom. The summed E-state index contributed by atoms with van der Waals surface area (Å²) < 4.78 is 0. The minimum Gasteiger partial charge on any atom is -0.338 e. The lowest BCUT2D eigenvalue weighted by molar-refractivity contribution is 0.0668. The summed E-state index contributed by atoms with van der Waals surface area (Å²) in [5, 5.41) is 0. The molecule has 1 aromatic heterocycles. The Balaban J connectivity index is 2.04. The minimum atomic E-state index is 0.140. The second kappa shape index (κ2) is 7.08. The second-order valence-electron chi connectivity index (χ2n) is 5.62. The molecule has 1 aromatic rings. The molecule has 0 atom stereocenters. The van der Waals surface area contributed by atoms with Crippen molar-refractivity contribution in [1.29, 1.82) is 0 Å². The Hall–Kier alpha value is -1.35. The molecule has 0 aliphatic carbocycles.